The van der Waals surface area contributed by atoms with Crippen LogP contribution in [-0.4, -0.2) is 27.3 Å². The minimum atomic E-state index is -0.470. The number of aromatic amines is 1. The van der Waals surface area contributed by atoms with Crippen LogP contribution in [0, 0.1) is 10.1 Å². The predicted molar refractivity (Wildman–Crippen MR) is 119 cm³/mol. The Hall–Kier alpha value is -3.64. The molecule has 31 heavy (non-hydrogen) atoms. The van der Waals surface area contributed by atoms with Gasteiger partial charge in [0, 0.05) is 45.9 Å². The van der Waals surface area contributed by atoms with Crippen LogP contribution in [0.1, 0.15) is 33.2 Å². The Labute approximate surface area is 183 Å². The van der Waals surface area contributed by atoms with Gasteiger partial charge in [0.05, 0.1) is 11.0 Å². The number of rotatable bonds is 3. The van der Waals surface area contributed by atoms with Gasteiger partial charge in [0.25, 0.3) is 11.6 Å². The molecule has 0 fully saturated rings. The van der Waals surface area contributed by atoms with Crippen LogP contribution in [0.15, 0.2) is 72.8 Å². The summed E-state index contributed by atoms with van der Waals surface area (Å²) in [6.45, 7) is 0.540. The Balaban J connectivity index is 1.61. The normalized spacial score (nSPS) is 15.6. The highest BCUT2D eigenvalue weighted by molar-refractivity contribution is 6.30. The van der Waals surface area contributed by atoms with E-state index in [-0.39, 0.29) is 17.6 Å². The third-order valence-corrected chi connectivity index (χ3v) is 6.06. The van der Waals surface area contributed by atoms with Gasteiger partial charge in [-0.1, -0.05) is 41.9 Å². The van der Waals surface area contributed by atoms with E-state index in [1.54, 1.807) is 0 Å². The molecule has 0 saturated carbocycles. The van der Waals surface area contributed by atoms with Gasteiger partial charge in [-0.25, -0.2) is 0 Å². The highest BCUT2D eigenvalue weighted by atomic mass is 35.5. The van der Waals surface area contributed by atoms with Gasteiger partial charge in [-0.3, -0.25) is 14.9 Å². The van der Waals surface area contributed by atoms with Crippen molar-refractivity contribution in [1.29, 1.82) is 0 Å². The molecular weight excluding hydrogens is 414 g/mol. The summed E-state index contributed by atoms with van der Waals surface area (Å²) in [7, 11) is 0. The minimum absolute atomic E-state index is 0.0395. The number of aromatic nitrogens is 1. The van der Waals surface area contributed by atoms with Gasteiger partial charge in [0.15, 0.2) is 0 Å². The molecule has 1 aromatic heterocycles. The van der Waals surface area contributed by atoms with Gasteiger partial charge in [0.1, 0.15) is 0 Å². The van der Waals surface area contributed by atoms with Crippen LogP contribution in [-0.2, 0) is 6.42 Å². The van der Waals surface area contributed by atoms with Crippen molar-refractivity contribution in [2.24, 2.45) is 0 Å². The summed E-state index contributed by atoms with van der Waals surface area (Å²) in [6.07, 6.45) is 0.724. The van der Waals surface area contributed by atoms with Crippen molar-refractivity contribution in [2.45, 2.75) is 12.5 Å². The minimum Gasteiger partial charge on any atom is -0.356 e. The zero-order chi connectivity index (χ0) is 21.5. The van der Waals surface area contributed by atoms with Gasteiger partial charge in [-0.15, -0.1) is 0 Å². The number of nitrogens with zero attached hydrogens (tertiary/aromatic N) is 2. The highest BCUT2D eigenvalue weighted by Gasteiger charge is 2.35. The van der Waals surface area contributed by atoms with Crippen molar-refractivity contribution in [3.05, 3.63) is 110 Å². The Bertz CT molecular complexity index is 1300. The molecule has 0 unspecified atom stereocenters. The maximum Gasteiger partial charge on any atom is 0.269 e. The molecule has 154 valence electrons. The number of amides is 1. The van der Waals surface area contributed by atoms with Crippen LogP contribution in [0.2, 0.25) is 5.02 Å². The van der Waals surface area contributed by atoms with Crippen LogP contribution in [0.3, 0.4) is 0 Å². The molecule has 6 nitrogen and oxygen atoms in total. The third kappa shape index (κ3) is 3.35. The topological polar surface area (TPSA) is 79.2 Å². The highest BCUT2D eigenvalue weighted by Crippen LogP contribution is 2.39. The molecule has 0 radical (unpaired) electrons. The zero-order valence-electron chi connectivity index (χ0n) is 16.4. The van der Waals surface area contributed by atoms with Crippen molar-refractivity contribution < 1.29 is 9.72 Å². The number of carbonyl (C=O) groups is 1. The zero-order valence-corrected chi connectivity index (χ0v) is 17.2. The van der Waals surface area contributed by atoms with E-state index in [2.05, 4.69) is 11.1 Å². The standard InChI is InChI=1S/C24H18ClN3O3/c25-17-9-5-15(6-10-17)23-22-20(19-3-1-2-4-21(19)26-22)13-14-27(23)24(29)16-7-11-18(12-8-16)28(30)31/h1-12,23,26H,13-14H2/t23-/m0/s1. The van der Waals surface area contributed by atoms with E-state index in [9.17, 15) is 14.9 Å². The SMILES string of the molecule is O=C(c1ccc([N+](=O)[O-])cc1)N1CCc2c([nH]c3ccccc23)[C@@H]1c1ccc(Cl)cc1. The van der Waals surface area contributed by atoms with E-state index < -0.39 is 4.92 Å². The van der Waals surface area contributed by atoms with E-state index in [0.29, 0.717) is 17.1 Å². The first-order valence-electron chi connectivity index (χ1n) is 9.93. The predicted octanol–water partition coefficient (Wildman–Crippen LogP) is 5.52. The van der Waals surface area contributed by atoms with Gasteiger partial charge in [-0.05, 0) is 47.9 Å². The number of carbonyl (C=O) groups excluding carboxylic acids is 1. The second-order valence-electron chi connectivity index (χ2n) is 7.57. The number of nitro groups is 1. The first-order valence-corrected chi connectivity index (χ1v) is 10.3. The number of benzene rings is 3. The summed E-state index contributed by atoms with van der Waals surface area (Å²) in [5.74, 6) is -0.167. The summed E-state index contributed by atoms with van der Waals surface area (Å²) in [4.78, 5) is 29.3. The quantitative estimate of drug-likeness (QED) is 0.342. The van der Waals surface area contributed by atoms with Gasteiger partial charge >= 0.3 is 0 Å². The Morgan fingerprint density at radius 2 is 1.74 bits per heavy atom. The average molecular weight is 432 g/mol. The van der Waals surface area contributed by atoms with Crippen molar-refractivity contribution in [3.8, 4) is 0 Å². The van der Waals surface area contributed by atoms with Gasteiger partial charge < -0.3 is 9.88 Å². The third-order valence-electron chi connectivity index (χ3n) is 5.81. The number of hydrogen-bond donors (Lipinski definition) is 1. The largest absolute Gasteiger partial charge is 0.356 e. The Kier molecular flexibility index (Phi) is 4.71. The summed E-state index contributed by atoms with van der Waals surface area (Å²) in [5, 5.41) is 12.8. The molecule has 4 aromatic rings. The summed E-state index contributed by atoms with van der Waals surface area (Å²) >= 11 is 6.11. The number of nitro benzene ring substituents is 1. The smallest absolute Gasteiger partial charge is 0.269 e. The lowest BCUT2D eigenvalue weighted by Gasteiger charge is -2.36. The summed E-state index contributed by atoms with van der Waals surface area (Å²) < 4.78 is 0. The maximum atomic E-state index is 13.5. The van der Waals surface area contributed by atoms with E-state index in [4.69, 9.17) is 11.6 Å². The number of para-hydroxylation sites is 1. The molecule has 1 aliphatic rings. The average Bonchev–Trinajstić information content (AvgIpc) is 3.17. The van der Waals surface area contributed by atoms with E-state index in [1.165, 1.54) is 35.2 Å². The molecule has 5 rings (SSSR count). The van der Waals surface area contributed by atoms with Crippen LogP contribution < -0.4 is 0 Å². The fraction of sp³-hybridized carbons (Fsp3) is 0.125. The monoisotopic (exact) mass is 431 g/mol. The molecule has 0 aliphatic carbocycles. The number of non-ortho nitro benzene ring substituents is 1. The molecule has 7 heteroatoms. The van der Waals surface area contributed by atoms with Crippen molar-refractivity contribution in [1.82, 2.24) is 9.88 Å². The van der Waals surface area contributed by atoms with Crippen LogP contribution >= 0.6 is 11.6 Å². The molecule has 1 atom stereocenters. The van der Waals surface area contributed by atoms with Gasteiger partial charge in [-0.2, -0.15) is 0 Å². The summed E-state index contributed by atoms with van der Waals surface area (Å²) in [6, 6.07) is 21.1. The lowest BCUT2D eigenvalue weighted by atomic mass is 9.91. The number of halogens is 1. The molecule has 2 heterocycles. The number of H-pyrrole nitrogens is 1. The fourth-order valence-corrected chi connectivity index (χ4v) is 4.47. The van der Waals surface area contributed by atoms with E-state index >= 15 is 0 Å². The van der Waals surface area contributed by atoms with Gasteiger partial charge in [0.2, 0.25) is 0 Å². The molecule has 1 N–H and O–H groups in total. The molecule has 1 amide bonds. The molecule has 0 saturated heterocycles. The first-order chi connectivity index (χ1) is 15.0. The molecule has 1 aliphatic heterocycles. The molecule has 3 aromatic carbocycles. The molecule has 0 spiro atoms. The Morgan fingerprint density at radius 3 is 2.45 bits per heavy atom. The van der Waals surface area contributed by atoms with Crippen LogP contribution in [0.4, 0.5) is 5.69 Å². The first kappa shape index (κ1) is 19.3. The number of hydrogen-bond acceptors (Lipinski definition) is 3. The lowest BCUT2D eigenvalue weighted by Crippen LogP contribution is -2.40. The molecule has 0 bridgehead atoms. The second-order valence-corrected chi connectivity index (χ2v) is 8.01. The number of fused-ring (bicyclic) bond motifs is 3. The maximum absolute atomic E-state index is 13.5. The lowest BCUT2D eigenvalue weighted by molar-refractivity contribution is -0.384. The fourth-order valence-electron chi connectivity index (χ4n) is 4.34. The second kappa shape index (κ2) is 7.56. The van der Waals surface area contributed by atoms with Crippen molar-refractivity contribution >= 4 is 34.1 Å². The van der Waals surface area contributed by atoms with Crippen LogP contribution in [0.5, 0.6) is 0 Å². The summed E-state index contributed by atoms with van der Waals surface area (Å²) in [5.41, 5.74) is 4.57. The van der Waals surface area contributed by atoms with E-state index in [1.807, 2.05) is 47.4 Å². The van der Waals surface area contributed by atoms with Crippen molar-refractivity contribution in [2.75, 3.05) is 6.54 Å². The van der Waals surface area contributed by atoms with E-state index in [0.717, 1.165) is 23.2 Å². The number of nitrogens with one attached hydrogen (secondary N) is 1. The Morgan fingerprint density at radius 1 is 1.03 bits per heavy atom. The van der Waals surface area contributed by atoms with Crippen molar-refractivity contribution in [3.63, 3.8) is 0 Å². The van der Waals surface area contributed by atoms with Crippen LogP contribution in [0.25, 0.3) is 10.9 Å². The molecular formula is C24H18ClN3O3.